The van der Waals surface area contributed by atoms with Gasteiger partial charge >= 0.3 is 5.97 Å². The van der Waals surface area contributed by atoms with E-state index in [0.717, 1.165) is 5.69 Å². The number of nitriles is 1. The van der Waals surface area contributed by atoms with Crippen molar-refractivity contribution >= 4 is 23.6 Å². The normalized spacial score (nSPS) is 10.7. The molecule has 0 radical (unpaired) electrons. The number of halogens is 1. The number of rotatable bonds is 7. The Bertz CT molecular complexity index is 898. The molecule has 0 aromatic heterocycles. The summed E-state index contributed by atoms with van der Waals surface area (Å²) >= 11 is 0. The van der Waals surface area contributed by atoms with Crippen LogP contribution in [0.3, 0.4) is 0 Å². The van der Waals surface area contributed by atoms with Crippen LogP contribution in [0.4, 0.5) is 10.1 Å². The Hall–Kier alpha value is -3.66. The molecule has 0 aliphatic carbocycles. The van der Waals surface area contributed by atoms with Gasteiger partial charge in [0.05, 0.1) is 0 Å². The van der Waals surface area contributed by atoms with Gasteiger partial charge in [0.25, 0.3) is 5.91 Å². The topological polar surface area (TPSA) is 82.4 Å². The molecule has 2 rings (SSSR count). The zero-order valence-corrected chi connectivity index (χ0v) is 15.6. The molecule has 0 atom stereocenters. The minimum Gasteiger partial charge on any atom is -0.451 e. The van der Waals surface area contributed by atoms with E-state index >= 15 is 0 Å². The van der Waals surface area contributed by atoms with Gasteiger partial charge in [0.15, 0.2) is 6.61 Å². The molecule has 0 saturated heterocycles. The summed E-state index contributed by atoms with van der Waals surface area (Å²) in [4.78, 5) is 25.7. The lowest BCUT2D eigenvalue weighted by Gasteiger charge is -2.11. The van der Waals surface area contributed by atoms with Gasteiger partial charge in [0.1, 0.15) is 17.5 Å². The van der Waals surface area contributed by atoms with Crippen LogP contribution in [0.5, 0.6) is 0 Å². The highest BCUT2D eigenvalue weighted by Gasteiger charge is 2.13. The molecule has 0 heterocycles. The molecule has 0 saturated carbocycles. The average molecular weight is 381 g/mol. The maximum Gasteiger partial charge on any atom is 0.349 e. The zero-order chi connectivity index (χ0) is 20.5. The molecule has 2 aromatic carbocycles. The number of anilines is 1. The van der Waals surface area contributed by atoms with Crippen LogP contribution in [0.2, 0.25) is 0 Å². The summed E-state index contributed by atoms with van der Waals surface area (Å²) in [7, 11) is 3.81. The molecule has 0 bridgehead atoms. The number of ether oxygens (including phenoxy) is 1. The van der Waals surface area contributed by atoms with E-state index in [0.29, 0.717) is 11.1 Å². The number of benzene rings is 2. The first-order chi connectivity index (χ1) is 13.4. The molecular weight excluding hydrogens is 361 g/mol. The standard InChI is InChI=1S/C21H20FN3O3/c1-25(2)19-9-5-15(6-10-19)11-17(12-23)21(27)28-14-20(26)24-13-16-3-7-18(22)8-4-16/h3-11H,13-14H2,1-2H3,(H,24,26)/b17-11+. The third kappa shape index (κ3) is 6.25. The van der Waals surface area contributed by atoms with Crippen LogP contribution in [0.25, 0.3) is 6.08 Å². The molecule has 0 aliphatic heterocycles. The van der Waals surface area contributed by atoms with E-state index < -0.39 is 18.5 Å². The van der Waals surface area contributed by atoms with Crippen LogP contribution in [0, 0.1) is 17.1 Å². The van der Waals surface area contributed by atoms with E-state index in [1.165, 1.54) is 18.2 Å². The number of nitrogens with one attached hydrogen (secondary N) is 1. The molecule has 2 aromatic rings. The summed E-state index contributed by atoms with van der Waals surface area (Å²) in [5.74, 6) is -1.77. The first kappa shape index (κ1) is 20.6. The molecular formula is C21H20FN3O3. The summed E-state index contributed by atoms with van der Waals surface area (Å²) in [5.41, 5.74) is 2.15. The van der Waals surface area contributed by atoms with Crippen molar-refractivity contribution in [2.45, 2.75) is 6.54 Å². The average Bonchev–Trinajstić information content (AvgIpc) is 2.70. The summed E-state index contributed by atoms with van der Waals surface area (Å²) in [6.07, 6.45) is 1.40. The Morgan fingerprint density at radius 2 is 1.79 bits per heavy atom. The Balaban J connectivity index is 1.88. The molecule has 144 valence electrons. The van der Waals surface area contributed by atoms with Crippen molar-refractivity contribution < 1.29 is 18.7 Å². The second-order valence-corrected chi connectivity index (χ2v) is 6.14. The van der Waals surface area contributed by atoms with E-state index in [4.69, 9.17) is 4.74 Å². The van der Waals surface area contributed by atoms with Crippen LogP contribution in [0.15, 0.2) is 54.1 Å². The predicted molar refractivity (Wildman–Crippen MR) is 104 cm³/mol. The summed E-state index contributed by atoms with van der Waals surface area (Å²) in [5, 5.41) is 11.7. The van der Waals surface area contributed by atoms with Crippen molar-refractivity contribution in [3.05, 3.63) is 71.0 Å². The van der Waals surface area contributed by atoms with Gasteiger partial charge in [-0.3, -0.25) is 4.79 Å². The highest BCUT2D eigenvalue weighted by atomic mass is 19.1. The molecule has 0 aliphatic rings. The van der Waals surface area contributed by atoms with Crippen LogP contribution in [-0.2, 0) is 20.9 Å². The van der Waals surface area contributed by atoms with E-state index in [1.54, 1.807) is 30.3 Å². The minimum absolute atomic E-state index is 0.176. The summed E-state index contributed by atoms with van der Waals surface area (Å²) in [6, 6.07) is 14.7. The lowest BCUT2D eigenvalue weighted by molar-refractivity contribution is -0.144. The van der Waals surface area contributed by atoms with Crippen LogP contribution >= 0.6 is 0 Å². The summed E-state index contributed by atoms with van der Waals surface area (Å²) < 4.78 is 17.7. The van der Waals surface area contributed by atoms with Gasteiger partial charge < -0.3 is 15.0 Å². The van der Waals surface area contributed by atoms with Crippen molar-refractivity contribution in [3.63, 3.8) is 0 Å². The quantitative estimate of drug-likeness (QED) is 0.453. The van der Waals surface area contributed by atoms with E-state index in [9.17, 15) is 19.2 Å². The largest absolute Gasteiger partial charge is 0.451 e. The Kier molecular flexibility index (Phi) is 7.28. The fourth-order valence-electron chi connectivity index (χ4n) is 2.23. The second-order valence-electron chi connectivity index (χ2n) is 6.14. The monoisotopic (exact) mass is 381 g/mol. The second kappa shape index (κ2) is 9.88. The SMILES string of the molecule is CN(C)c1ccc(/C=C(\C#N)C(=O)OCC(=O)NCc2ccc(F)cc2)cc1. The highest BCUT2D eigenvalue weighted by Crippen LogP contribution is 2.15. The van der Waals surface area contributed by atoms with Gasteiger partial charge in [-0.15, -0.1) is 0 Å². The predicted octanol–water partition coefficient (Wildman–Crippen LogP) is 2.66. The fourth-order valence-corrected chi connectivity index (χ4v) is 2.23. The van der Waals surface area contributed by atoms with Crippen LogP contribution in [-0.4, -0.2) is 32.6 Å². The minimum atomic E-state index is -0.879. The van der Waals surface area contributed by atoms with Crippen molar-refractivity contribution in [1.82, 2.24) is 5.32 Å². The number of hydrogen-bond donors (Lipinski definition) is 1. The summed E-state index contributed by atoms with van der Waals surface area (Å²) in [6.45, 7) is -0.339. The van der Waals surface area contributed by atoms with E-state index in [-0.39, 0.29) is 17.9 Å². The molecule has 28 heavy (non-hydrogen) atoms. The van der Waals surface area contributed by atoms with Gasteiger partial charge in [-0.1, -0.05) is 24.3 Å². The van der Waals surface area contributed by atoms with Gasteiger partial charge in [-0.2, -0.15) is 5.26 Å². The molecule has 6 nitrogen and oxygen atoms in total. The maximum atomic E-state index is 12.8. The third-order valence-corrected chi connectivity index (χ3v) is 3.80. The van der Waals surface area contributed by atoms with Crippen molar-refractivity contribution in [3.8, 4) is 6.07 Å². The van der Waals surface area contributed by atoms with Gasteiger partial charge in [0, 0.05) is 26.3 Å². The number of esters is 1. The number of hydrogen-bond acceptors (Lipinski definition) is 5. The molecule has 0 unspecified atom stereocenters. The van der Waals surface area contributed by atoms with Crippen molar-refractivity contribution in [1.29, 1.82) is 5.26 Å². The number of carbonyl (C=O) groups excluding carboxylic acids is 2. The fraction of sp³-hybridized carbons (Fsp3) is 0.190. The smallest absolute Gasteiger partial charge is 0.349 e. The molecule has 1 N–H and O–H groups in total. The Morgan fingerprint density at radius 3 is 2.36 bits per heavy atom. The van der Waals surface area contributed by atoms with E-state index in [1.807, 2.05) is 31.1 Å². The number of amides is 1. The van der Waals surface area contributed by atoms with Crippen LogP contribution in [0.1, 0.15) is 11.1 Å². The van der Waals surface area contributed by atoms with Crippen molar-refractivity contribution in [2.24, 2.45) is 0 Å². The molecule has 0 fully saturated rings. The van der Waals surface area contributed by atoms with E-state index in [2.05, 4.69) is 5.32 Å². The maximum absolute atomic E-state index is 12.8. The lowest BCUT2D eigenvalue weighted by atomic mass is 10.1. The molecule has 7 heteroatoms. The van der Waals surface area contributed by atoms with Gasteiger partial charge in [-0.25, -0.2) is 9.18 Å². The van der Waals surface area contributed by atoms with Gasteiger partial charge in [0.2, 0.25) is 0 Å². The first-order valence-electron chi connectivity index (χ1n) is 8.46. The van der Waals surface area contributed by atoms with Crippen LogP contribution < -0.4 is 10.2 Å². The zero-order valence-electron chi connectivity index (χ0n) is 15.6. The Morgan fingerprint density at radius 1 is 1.14 bits per heavy atom. The molecule has 1 amide bonds. The first-order valence-corrected chi connectivity index (χ1v) is 8.46. The molecule has 0 spiro atoms. The lowest BCUT2D eigenvalue weighted by Crippen LogP contribution is -2.28. The Labute approximate surface area is 162 Å². The number of carbonyl (C=O) groups is 2. The van der Waals surface area contributed by atoms with Gasteiger partial charge in [-0.05, 0) is 41.5 Å². The van der Waals surface area contributed by atoms with Crippen molar-refractivity contribution in [2.75, 3.05) is 25.6 Å². The highest BCUT2D eigenvalue weighted by molar-refractivity contribution is 5.98. The third-order valence-electron chi connectivity index (χ3n) is 3.80. The number of nitrogens with zero attached hydrogens (tertiary/aromatic N) is 2.